The summed E-state index contributed by atoms with van der Waals surface area (Å²) in [4.78, 5) is 30.8. The van der Waals surface area contributed by atoms with Crippen LogP contribution < -0.4 is 0 Å². The first-order valence-corrected chi connectivity index (χ1v) is 7.33. The Kier molecular flexibility index (Phi) is 7.71. The summed E-state index contributed by atoms with van der Waals surface area (Å²) in [5.74, 6) is -0.0371. The second-order valence-corrected chi connectivity index (χ2v) is 6.36. The first-order chi connectivity index (χ1) is 9.53. The molecule has 0 aromatic carbocycles. The lowest BCUT2D eigenvalue weighted by molar-refractivity contribution is -0.170. The van der Waals surface area contributed by atoms with E-state index in [1.807, 2.05) is 41.5 Å². The Bertz CT molecular complexity index is 350. The highest BCUT2D eigenvalue weighted by Crippen LogP contribution is 2.19. The lowest BCUT2D eigenvalue weighted by atomic mass is 9.99. The van der Waals surface area contributed by atoms with Crippen LogP contribution >= 0.6 is 0 Å². The molecular weight excluding hydrogens is 272 g/mol. The number of nitrogens with zero attached hydrogens (tertiary/aromatic N) is 2. The summed E-state index contributed by atoms with van der Waals surface area (Å²) in [6.45, 7) is 11.8. The molecule has 124 valence electrons. The van der Waals surface area contributed by atoms with Crippen molar-refractivity contribution in [2.45, 2.75) is 59.6 Å². The summed E-state index contributed by atoms with van der Waals surface area (Å²) < 4.78 is 5.42. The molecule has 0 aliphatic carbocycles. The molecule has 1 atom stereocenters. The van der Waals surface area contributed by atoms with Crippen molar-refractivity contribution in [1.29, 1.82) is 0 Å². The van der Waals surface area contributed by atoms with Crippen LogP contribution in [-0.4, -0.2) is 54.3 Å². The first kappa shape index (κ1) is 19.7. The fraction of sp³-hybridized carbons (Fsp3) is 0.867. The van der Waals surface area contributed by atoms with Crippen molar-refractivity contribution in [3.8, 4) is 0 Å². The molecule has 0 rings (SSSR count). The summed E-state index contributed by atoms with van der Waals surface area (Å²) in [5, 5.41) is 1.18. The normalized spacial score (nSPS) is 13.0. The van der Waals surface area contributed by atoms with Crippen LogP contribution in [0, 0.1) is 5.92 Å². The quantitative estimate of drug-likeness (QED) is 0.708. The second kappa shape index (κ2) is 8.22. The molecule has 1 unspecified atom stereocenters. The van der Waals surface area contributed by atoms with Crippen LogP contribution in [0.1, 0.15) is 48.0 Å². The Labute approximate surface area is 128 Å². The van der Waals surface area contributed by atoms with Crippen LogP contribution in [0.4, 0.5) is 4.79 Å². The maximum absolute atomic E-state index is 12.3. The molecule has 0 fully saturated rings. The third-order valence-electron chi connectivity index (χ3n) is 3.15. The number of carbonyl (C=O) groups is 2. The van der Waals surface area contributed by atoms with Gasteiger partial charge in [0.25, 0.3) is 0 Å². The molecule has 0 aliphatic rings. The fourth-order valence-corrected chi connectivity index (χ4v) is 1.93. The fourth-order valence-electron chi connectivity index (χ4n) is 1.93. The predicted octanol–water partition coefficient (Wildman–Crippen LogP) is 2.68. The second-order valence-electron chi connectivity index (χ2n) is 6.36. The van der Waals surface area contributed by atoms with E-state index in [1.165, 1.54) is 12.2 Å². The van der Waals surface area contributed by atoms with Crippen LogP contribution in [0.2, 0.25) is 0 Å². The standard InChI is InChI=1S/C15H30N2O4/c1-9-17(14(19)21-15(4,5)6)12(11(2)3)10-13(18)16(7)20-8/h11-12H,9-10H2,1-8H3. The van der Waals surface area contributed by atoms with Gasteiger partial charge in [-0.1, -0.05) is 13.8 Å². The van der Waals surface area contributed by atoms with E-state index in [0.29, 0.717) is 6.54 Å². The molecular formula is C15H30N2O4. The third-order valence-corrected chi connectivity index (χ3v) is 3.15. The van der Waals surface area contributed by atoms with E-state index in [9.17, 15) is 9.59 Å². The molecule has 0 aliphatic heterocycles. The van der Waals surface area contributed by atoms with Crippen LogP contribution in [0.3, 0.4) is 0 Å². The number of hydroxylamine groups is 2. The summed E-state index contributed by atoms with van der Waals surface area (Å²) in [6.07, 6.45) is -0.189. The first-order valence-electron chi connectivity index (χ1n) is 7.33. The van der Waals surface area contributed by atoms with Crippen molar-refractivity contribution >= 4 is 12.0 Å². The van der Waals surface area contributed by atoms with Crippen molar-refractivity contribution < 1.29 is 19.2 Å². The van der Waals surface area contributed by atoms with Crippen LogP contribution in [0.5, 0.6) is 0 Å². The molecule has 2 amide bonds. The molecule has 6 nitrogen and oxygen atoms in total. The van der Waals surface area contributed by atoms with Crippen molar-refractivity contribution in [3.63, 3.8) is 0 Å². The highest BCUT2D eigenvalue weighted by atomic mass is 16.7. The minimum Gasteiger partial charge on any atom is -0.444 e. The summed E-state index contributed by atoms with van der Waals surface area (Å²) in [7, 11) is 3.00. The van der Waals surface area contributed by atoms with E-state index < -0.39 is 11.7 Å². The van der Waals surface area contributed by atoms with Gasteiger partial charge >= 0.3 is 6.09 Å². The summed E-state index contributed by atoms with van der Waals surface area (Å²) in [5.41, 5.74) is -0.556. The van der Waals surface area contributed by atoms with Gasteiger partial charge in [-0.05, 0) is 33.6 Å². The Balaban J connectivity index is 5.05. The molecule has 0 saturated carbocycles. The molecule has 0 aromatic heterocycles. The monoisotopic (exact) mass is 302 g/mol. The summed E-state index contributed by atoms with van der Waals surface area (Å²) in [6, 6.07) is -0.227. The Morgan fingerprint density at radius 2 is 1.71 bits per heavy atom. The van der Waals surface area contributed by atoms with Gasteiger partial charge in [0.2, 0.25) is 5.91 Å². The van der Waals surface area contributed by atoms with E-state index in [4.69, 9.17) is 9.57 Å². The van der Waals surface area contributed by atoms with Crippen molar-refractivity contribution in [3.05, 3.63) is 0 Å². The molecule has 0 bridgehead atoms. The smallest absolute Gasteiger partial charge is 0.410 e. The average Bonchev–Trinajstić information content (AvgIpc) is 2.34. The van der Waals surface area contributed by atoms with Crippen molar-refractivity contribution in [2.24, 2.45) is 5.92 Å². The zero-order valence-electron chi connectivity index (χ0n) is 14.6. The molecule has 21 heavy (non-hydrogen) atoms. The lowest BCUT2D eigenvalue weighted by Gasteiger charge is -2.35. The maximum Gasteiger partial charge on any atom is 0.410 e. The minimum atomic E-state index is -0.556. The van der Waals surface area contributed by atoms with Crippen LogP contribution in [0.25, 0.3) is 0 Å². The van der Waals surface area contributed by atoms with E-state index in [-0.39, 0.29) is 24.3 Å². The minimum absolute atomic E-state index is 0.131. The van der Waals surface area contributed by atoms with Gasteiger partial charge in [-0.25, -0.2) is 9.86 Å². The molecule has 0 N–H and O–H groups in total. The number of ether oxygens (including phenoxy) is 1. The van der Waals surface area contributed by atoms with E-state index >= 15 is 0 Å². The topological polar surface area (TPSA) is 59.1 Å². The van der Waals surface area contributed by atoms with Gasteiger partial charge < -0.3 is 9.64 Å². The largest absolute Gasteiger partial charge is 0.444 e. The molecule has 0 aromatic rings. The lowest BCUT2D eigenvalue weighted by Crippen LogP contribution is -2.47. The number of amides is 2. The molecule has 0 saturated heterocycles. The maximum atomic E-state index is 12.3. The van der Waals surface area contributed by atoms with Gasteiger partial charge in [0.15, 0.2) is 0 Å². The third kappa shape index (κ3) is 6.80. The predicted molar refractivity (Wildman–Crippen MR) is 81.6 cm³/mol. The van der Waals surface area contributed by atoms with E-state index in [2.05, 4.69) is 0 Å². The van der Waals surface area contributed by atoms with Crippen LogP contribution in [-0.2, 0) is 14.4 Å². The Morgan fingerprint density at radius 1 is 1.19 bits per heavy atom. The van der Waals surface area contributed by atoms with Gasteiger partial charge in [0.05, 0.1) is 7.11 Å². The molecule has 0 heterocycles. The number of carbonyl (C=O) groups excluding carboxylic acids is 2. The van der Waals surface area contributed by atoms with E-state index in [0.717, 1.165) is 0 Å². The molecule has 6 heteroatoms. The van der Waals surface area contributed by atoms with Gasteiger partial charge in [-0.3, -0.25) is 9.63 Å². The van der Waals surface area contributed by atoms with Gasteiger partial charge in [-0.15, -0.1) is 0 Å². The van der Waals surface area contributed by atoms with Gasteiger partial charge in [-0.2, -0.15) is 0 Å². The number of hydrogen-bond acceptors (Lipinski definition) is 4. The number of hydrogen-bond donors (Lipinski definition) is 0. The van der Waals surface area contributed by atoms with Crippen molar-refractivity contribution in [1.82, 2.24) is 9.96 Å². The van der Waals surface area contributed by atoms with Gasteiger partial charge in [0.1, 0.15) is 5.60 Å². The Morgan fingerprint density at radius 3 is 2.05 bits per heavy atom. The summed E-state index contributed by atoms with van der Waals surface area (Å²) >= 11 is 0. The average molecular weight is 302 g/mol. The highest BCUT2D eigenvalue weighted by molar-refractivity contribution is 5.77. The Hall–Kier alpha value is -1.30. The molecule has 0 radical (unpaired) electrons. The van der Waals surface area contributed by atoms with E-state index in [1.54, 1.807) is 11.9 Å². The van der Waals surface area contributed by atoms with Gasteiger partial charge in [0, 0.05) is 26.1 Å². The molecule has 0 spiro atoms. The van der Waals surface area contributed by atoms with Crippen molar-refractivity contribution in [2.75, 3.05) is 20.7 Å². The zero-order chi connectivity index (χ0) is 16.8. The SMILES string of the molecule is CCN(C(=O)OC(C)(C)C)C(CC(=O)N(C)OC)C(C)C. The number of rotatable bonds is 6. The van der Waals surface area contributed by atoms with Crippen LogP contribution in [0.15, 0.2) is 0 Å². The highest BCUT2D eigenvalue weighted by Gasteiger charge is 2.31. The zero-order valence-corrected chi connectivity index (χ0v) is 14.6.